The van der Waals surface area contributed by atoms with Crippen molar-refractivity contribution in [3.8, 4) is 0 Å². The van der Waals surface area contributed by atoms with Crippen molar-refractivity contribution in [3.63, 3.8) is 0 Å². The maximum atomic E-state index is 13.5. The predicted molar refractivity (Wildman–Crippen MR) is 151 cm³/mol. The Morgan fingerprint density at radius 2 is 1.68 bits per heavy atom. The predicted octanol–water partition coefficient (Wildman–Crippen LogP) is 4.61. The number of carbonyl (C=O) groups is 1. The number of aromatic amines is 1. The lowest BCUT2D eigenvalue weighted by molar-refractivity contribution is 0.194. The first kappa shape index (κ1) is 27.5. The zero-order chi connectivity index (χ0) is 26.8. The number of imidazole rings is 1. The van der Waals surface area contributed by atoms with Gasteiger partial charge in [0.1, 0.15) is 0 Å². The number of nitrogens with zero attached hydrogens (tertiary/aromatic N) is 4. The fourth-order valence-corrected chi connectivity index (χ4v) is 6.06. The summed E-state index contributed by atoms with van der Waals surface area (Å²) >= 11 is 0. The number of benzene rings is 2. The van der Waals surface area contributed by atoms with E-state index in [4.69, 9.17) is 0 Å². The van der Waals surface area contributed by atoms with E-state index in [0.717, 1.165) is 38.2 Å². The zero-order valence-corrected chi connectivity index (χ0v) is 22.9. The Bertz CT molecular complexity index is 1230. The number of anilines is 2. The van der Waals surface area contributed by atoms with Gasteiger partial charge in [0, 0.05) is 44.6 Å². The molecule has 38 heavy (non-hydrogen) atoms. The third-order valence-corrected chi connectivity index (χ3v) is 8.61. The van der Waals surface area contributed by atoms with Crippen LogP contribution in [-0.2, 0) is 16.6 Å². The summed E-state index contributed by atoms with van der Waals surface area (Å²) < 4.78 is 28.4. The average molecular weight is 539 g/mol. The number of hydrogen-bond donors (Lipinski definition) is 2. The van der Waals surface area contributed by atoms with Crippen molar-refractivity contribution in [2.45, 2.75) is 50.5 Å². The number of hydrogen-bond acceptors (Lipinski definition) is 5. The summed E-state index contributed by atoms with van der Waals surface area (Å²) in [5.41, 5.74) is 2.27. The number of unbranched alkanes of at least 4 members (excludes halogenated alkanes) is 4. The Labute approximate surface area is 225 Å². The van der Waals surface area contributed by atoms with E-state index in [1.54, 1.807) is 42.9 Å². The highest BCUT2D eigenvalue weighted by Gasteiger charge is 2.26. The fraction of sp³-hybridized carbons (Fsp3) is 0.429. The molecule has 2 N–H and O–H groups in total. The minimum absolute atomic E-state index is 0.0102. The maximum absolute atomic E-state index is 13.5. The van der Waals surface area contributed by atoms with Gasteiger partial charge >= 0.3 is 6.03 Å². The molecule has 10 heteroatoms. The van der Waals surface area contributed by atoms with Gasteiger partial charge in [-0.2, -0.15) is 0 Å². The van der Waals surface area contributed by atoms with E-state index < -0.39 is 10.0 Å². The highest BCUT2D eigenvalue weighted by atomic mass is 32.2. The van der Waals surface area contributed by atoms with Crippen LogP contribution in [0.1, 0.15) is 44.7 Å². The first-order chi connectivity index (χ1) is 18.5. The minimum Gasteiger partial charge on any atom is -0.368 e. The molecular formula is C28H38N6O3S. The number of urea groups is 1. The number of sulfonamides is 1. The number of piperazine rings is 1. The van der Waals surface area contributed by atoms with E-state index in [1.165, 1.54) is 23.6 Å². The molecule has 4 rings (SSSR count). The van der Waals surface area contributed by atoms with Crippen molar-refractivity contribution < 1.29 is 13.2 Å². The standard InChI is InChI=1S/C28H38N6O3S/c1-2-3-4-5-9-16-30-28(35)33-19-17-32(18-20-33)25-12-14-26(15-13-25)34(22-24-21-29-23-31-24)38(36,37)27-10-7-6-8-11-27/h6-8,10-15,21,23H,2-5,9,16-20,22H2,1H3,(H,29,31)(H,30,35). The van der Waals surface area contributed by atoms with Crippen molar-refractivity contribution >= 4 is 27.4 Å². The second-order valence-electron chi connectivity index (χ2n) is 9.54. The van der Waals surface area contributed by atoms with Crippen molar-refractivity contribution in [3.05, 3.63) is 72.8 Å². The van der Waals surface area contributed by atoms with Crippen LogP contribution in [0.5, 0.6) is 0 Å². The van der Waals surface area contributed by atoms with Crippen LogP contribution in [0.2, 0.25) is 0 Å². The summed E-state index contributed by atoms with van der Waals surface area (Å²) in [6.07, 6.45) is 9.04. The van der Waals surface area contributed by atoms with E-state index in [0.29, 0.717) is 24.5 Å². The quantitative estimate of drug-likeness (QED) is 0.328. The molecule has 1 saturated heterocycles. The molecule has 0 atom stereocenters. The van der Waals surface area contributed by atoms with Gasteiger partial charge in [-0.05, 0) is 42.8 Å². The molecular weight excluding hydrogens is 500 g/mol. The molecule has 1 fully saturated rings. The van der Waals surface area contributed by atoms with Gasteiger partial charge in [-0.15, -0.1) is 0 Å². The molecule has 2 amide bonds. The van der Waals surface area contributed by atoms with Crippen LogP contribution in [0.15, 0.2) is 72.0 Å². The van der Waals surface area contributed by atoms with Crippen LogP contribution < -0.4 is 14.5 Å². The lowest BCUT2D eigenvalue weighted by atomic mass is 10.1. The van der Waals surface area contributed by atoms with Gasteiger partial charge in [0.25, 0.3) is 10.0 Å². The first-order valence-electron chi connectivity index (χ1n) is 13.4. The van der Waals surface area contributed by atoms with Gasteiger partial charge in [0.15, 0.2) is 0 Å². The van der Waals surface area contributed by atoms with Crippen LogP contribution in [0.4, 0.5) is 16.2 Å². The summed E-state index contributed by atoms with van der Waals surface area (Å²) in [5, 5.41) is 3.05. The van der Waals surface area contributed by atoms with Gasteiger partial charge in [-0.3, -0.25) is 4.31 Å². The van der Waals surface area contributed by atoms with Crippen molar-refractivity contribution in [2.24, 2.45) is 0 Å². The molecule has 2 heterocycles. The van der Waals surface area contributed by atoms with Gasteiger partial charge in [0.2, 0.25) is 0 Å². The third-order valence-electron chi connectivity index (χ3n) is 6.83. The molecule has 3 aromatic rings. The molecule has 1 aliphatic heterocycles. The lowest BCUT2D eigenvalue weighted by Gasteiger charge is -2.36. The Balaban J connectivity index is 1.37. The minimum atomic E-state index is -3.78. The second-order valence-corrected chi connectivity index (χ2v) is 11.4. The van der Waals surface area contributed by atoms with Crippen molar-refractivity contribution in [1.29, 1.82) is 0 Å². The number of nitrogens with one attached hydrogen (secondary N) is 2. The molecule has 2 aromatic carbocycles. The third kappa shape index (κ3) is 7.06. The largest absolute Gasteiger partial charge is 0.368 e. The lowest BCUT2D eigenvalue weighted by Crippen LogP contribution is -2.52. The summed E-state index contributed by atoms with van der Waals surface area (Å²) in [6, 6.07) is 16.0. The maximum Gasteiger partial charge on any atom is 0.317 e. The van der Waals surface area contributed by atoms with Crippen molar-refractivity contribution in [1.82, 2.24) is 20.2 Å². The van der Waals surface area contributed by atoms with E-state index in [2.05, 4.69) is 27.1 Å². The molecule has 1 aromatic heterocycles. The van der Waals surface area contributed by atoms with Crippen LogP contribution in [0.25, 0.3) is 0 Å². The van der Waals surface area contributed by atoms with E-state index >= 15 is 0 Å². The Kier molecular flexibility index (Phi) is 9.64. The number of rotatable bonds is 12. The molecule has 9 nitrogen and oxygen atoms in total. The van der Waals surface area contributed by atoms with E-state index in [-0.39, 0.29) is 17.5 Å². The second kappa shape index (κ2) is 13.3. The van der Waals surface area contributed by atoms with Crippen LogP contribution in [-0.4, -0.2) is 62.0 Å². The Morgan fingerprint density at radius 1 is 0.974 bits per heavy atom. The monoisotopic (exact) mass is 538 g/mol. The number of amides is 2. The topological polar surface area (TPSA) is 102 Å². The molecule has 0 aliphatic carbocycles. The molecule has 0 spiro atoms. The summed E-state index contributed by atoms with van der Waals surface area (Å²) in [7, 11) is -3.78. The smallest absolute Gasteiger partial charge is 0.317 e. The van der Waals surface area contributed by atoms with Gasteiger partial charge in [-0.25, -0.2) is 18.2 Å². The number of H-pyrrole nitrogens is 1. The molecule has 0 radical (unpaired) electrons. The summed E-state index contributed by atoms with van der Waals surface area (Å²) in [4.78, 5) is 23.9. The highest BCUT2D eigenvalue weighted by molar-refractivity contribution is 7.92. The van der Waals surface area contributed by atoms with E-state index in [1.807, 2.05) is 29.2 Å². The van der Waals surface area contributed by atoms with Gasteiger partial charge in [-0.1, -0.05) is 50.8 Å². The van der Waals surface area contributed by atoms with Crippen LogP contribution >= 0.6 is 0 Å². The normalized spacial score (nSPS) is 13.9. The summed E-state index contributed by atoms with van der Waals surface area (Å²) in [5.74, 6) is 0. The fourth-order valence-electron chi connectivity index (χ4n) is 4.59. The van der Waals surface area contributed by atoms with Crippen LogP contribution in [0.3, 0.4) is 0 Å². The van der Waals surface area contributed by atoms with Gasteiger partial charge in [0.05, 0.1) is 29.1 Å². The Morgan fingerprint density at radius 3 is 2.34 bits per heavy atom. The molecule has 0 unspecified atom stereocenters. The van der Waals surface area contributed by atoms with E-state index in [9.17, 15) is 13.2 Å². The zero-order valence-electron chi connectivity index (χ0n) is 22.1. The number of carbonyl (C=O) groups excluding carboxylic acids is 1. The molecule has 0 bridgehead atoms. The number of aromatic nitrogens is 2. The molecule has 0 saturated carbocycles. The highest BCUT2D eigenvalue weighted by Crippen LogP contribution is 2.28. The average Bonchev–Trinajstić information content (AvgIpc) is 3.48. The molecule has 204 valence electrons. The first-order valence-corrected chi connectivity index (χ1v) is 14.9. The van der Waals surface area contributed by atoms with Crippen LogP contribution in [0, 0.1) is 0 Å². The molecule has 1 aliphatic rings. The SMILES string of the molecule is CCCCCCCNC(=O)N1CCN(c2ccc(N(Cc3cnc[nH]3)S(=O)(=O)c3ccccc3)cc2)CC1. The van der Waals surface area contributed by atoms with Gasteiger partial charge < -0.3 is 20.1 Å². The summed E-state index contributed by atoms with van der Waals surface area (Å²) in [6.45, 7) is 5.82. The Hall–Kier alpha value is -3.53. The van der Waals surface area contributed by atoms with Crippen molar-refractivity contribution in [2.75, 3.05) is 41.9 Å².